The molecule has 0 saturated carbocycles. The lowest BCUT2D eigenvalue weighted by Gasteiger charge is -2.14. The van der Waals surface area contributed by atoms with Crippen LogP contribution in [-0.2, 0) is 9.53 Å². The van der Waals surface area contributed by atoms with E-state index in [-0.39, 0.29) is 17.1 Å². The zero-order chi connectivity index (χ0) is 24.2. The standard InChI is InChI=1S/C25H19F2N3O4/c1-14-3-5-16(6-4-14)23-29-30-24(34-23)17-7-9-18(10-8-17)25(32)33-15(2)22(31)28-21-13-19(26)11-12-20(21)27/h3-13,15H,1-2H3,(H,28,31). The van der Waals surface area contributed by atoms with Gasteiger partial charge in [0.2, 0.25) is 11.8 Å². The molecule has 7 nitrogen and oxygen atoms in total. The molecule has 0 fully saturated rings. The Labute approximate surface area is 193 Å². The Morgan fingerprint density at radius 3 is 2.12 bits per heavy atom. The van der Waals surface area contributed by atoms with Gasteiger partial charge >= 0.3 is 5.97 Å². The maximum Gasteiger partial charge on any atom is 0.338 e. The van der Waals surface area contributed by atoms with Crippen molar-refractivity contribution in [2.75, 3.05) is 5.32 Å². The van der Waals surface area contributed by atoms with Crippen molar-refractivity contribution in [1.29, 1.82) is 0 Å². The van der Waals surface area contributed by atoms with Crippen molar-refractivity contribution < 1.29 is 27.5 Å². The topological polar surface area (TPSA) is 94.3 Å². The van der Waals surface area contributed by atoms with Crippen LogP contribution in [0, 0.1) is 18.6 Å². The van der Waals surface area contributed by atoms with E-state index in [1.54, 1.807) is 12.1 Å². The van der Waals surface area contributed by atoms with Gasteiger partial charge in [0, 0.05) is 17.2 Å². The molecule has 1 heterocycles. The third kappa shape index (κ3) is 5.15. The van der Waals surface area contributed by atoms with Crippen LogP contribution in [0.2, 0.25) is 0 Å². The highest BCUT2D eigenvalue weighted by molar-refractivity contribution is 5.97. The molecule has 0 saturated heterocycles. The average molecular weight is 463 g/mol. The third-order valence-electron chi connectivity index (χ3n) is 4.93. The smallest absolute Gasteiger partial charge is 0.338 e. The molecule has 1 unspecified atom stereocenters. The number of carbonyl (C=O) groups excluding carboxylic acids is 2. The Morgan fingerprint density at radius 1 is 0.912 bits per heavy atom. The van der Waals surface area contributed by atoms with Crippen LogP contribution < -0.4 is 5.32 Å². The molecule has 4 rings (SSSR count). The Morgan fingerprint density at radius 2 is 1.50 bits per heavy atom. The number of aryl methyl sites for hydroxylation is 1. The minimum absolute atomic E-state index is 0.179. The second kappa shape index (κ2) is 9.62. The highest BCUT2D eigenvalue weighted by Crippen LogP contribution is 2.24. The average Bonchev–Trinajstić information content (AvgIpc) is 3.32. The fraction of sp³-hybridized carbons (Fsp3) is 0.120. The molecule has 4 aromatic rings. The van der Waals surface area contributed by atoms with E-state index in [0.717, 1.165) is 29.3 Å². The number of nitrogens with one attached hydrogen (secondary N) is 1. The molecule has 9 heteroatoms. The van der Waals surface area contributed by atoms with Crippen LogP contribution in [0.4, 0.5) is 14.5 Å². The van der Waals surface area contributed by atoms with Gasteiger partial charge in [-0.1, -0.05) is 17.7 Å². The predicted octanol–water partition coefficient (Wildman–Crippen LogP) is 5.17. The van der Waals surface area contributed by atoms with E-state index in [1.807, 2.05) is 31.2 Å². The minimum atomic E-state index is -1.25. The van der Waals surface area contributed by atoms with Crippen molar-refractivity contribution in [3.63, 3.8) is 0 Å². The molecule has 0 aliphatic rings. The van der Waals surface area contributed by atoms with Crippen LogP contribution in [0.3, 0.4) is 0 Å². The van der Waals surface area contributed by atoms with Gasteiger partial charge in [-0.3, -0.25) is 4.79 Å². The maximum absolute atomic E-state index is 13.7. The van der Waals surface area contributed by atoms with E-state index in [9.17, 15) is 18.4 Å². The van der Waals surface area contributed by atoms with Gasteiger partial charge in [-0.2, -0.15) is 0 Å². The first-order valence-corrected chi connectivity index (χ1v) is 10.3. The Kier molecular flexibility index (Phi) is 6.44. The number of hydrogen-bond donors (Lipinski definition) is 1. The Hall–Kier alpha value is -4.40. The summed E-state index contributed by atoms with van der Waals surface area (Å²) in [7, 11) is 0. The summed E-state index contributed by atoms with van der Waals surface area (Å²) in [6.07, 6.45) is -1.25. The van der Waals surface area contributed by atoms with Crippen molar-refractivity contribution in [3.8, 4) is 22.9 Å². The van der Waals surface area contributed by atoms with Gasteiger partial charge in [0.15, 0.2) is 6.10 Å². The lowest BCUT2D eigenvalue weighted by atomic mass is 10.1. The fourth-order valence-corrected chi connectivity index (χ4v) is 3.01. The van der Waals surface area contributed by atoms with E-state index < -0.39 is 29.6 Å². The molecular weight excluding hydrogens is 444 g/mol. The minimum Gasteiger partial charge on any atom is -0.449 e. The number of amides is 1. The lowest BCUT2D eigenvalue weighted by Crippen LogP contribution is -2.30. The molecule has 0 spiro atoms. The quantitative estimate of drug-likeness (QED) is 0.396. The molecule has 3 aromatic carbocycles. The molecular formula is C25H19F2N3O4. The number of benzene rings is 3. The maximum atomic E-state index is 13.7. The second-order valence-corrected chi connectivity index (χ2v) is 7.52. The number of carbonyl (C=O) groups is 2. The number of aromatic nitrogens is 2. The normalized spacial score (nSPS) is 11.6. The zero-order valence-electron chi connectivity index (χ0n) is 18.2. The van der Waals surface area contributed by atoms with Gasteiger partial charge < -0.3 is 14.5 Å². The summed E-state index contributed by atoms with van der Waals surface area (Å²) in [6.45, 7) is 3.30. The van der Waals surface area contributed by atoms with Crippen molar-refractivity contribution >= 4 is 17.6 Å². The van der Waals surface area contributed by atoms with E-state index in [0.29, 0.717) is 11.5 Å². The van der Waals surface area contributed by atoms with Crippen molar-refractivity contribution in [2.45, 2.75) is 20.0 Å². The number of halogens is 2. The number of nitrogens with zero attached hydrogens (tertiary/aromatic N) is 2. The van der Waals surface area contributed by atoms with Crippen LogP contribution in [0.15, 0.2) is 71.1 Å². The monoisotopic (exact) mass is 463 g/mol. The summed E-state index contributed by atoms with van der Waals surface area (Å²) in [5, 5.41) is 10.3. The lowest BCUT2D eigenvalue weighted by molar-refractivity contribution is -0.123. The van der Waals surface area contributed by atoms with Gasteiger partial charge in [-0.05, 0) is 62.4 Å². The zero-order valence-corrected chi connectivity index (χ0v) is 18.2. The van der Waals surface area contributed by atoms with Gasteiger partial charge in [0.25, 0.3) is 5.91 Å². The summed E-state index contributed by atoms with van der Waals surface area (Å²) in [5.74, 6) is -2.44. The number of ether oxygens (including phenoxy) is 1. The summed E-state index contributed by atoms with van der Waals surface area (Å²) in [6, 6.07) is 16.5. The highest BCUT2D eigenvalue weighted by atomic mass is 19.1. The Bertz CT molecular complexity index is 1340. The molecule has 1 N–H and O–H groups in total. The van der Waals surface area contributed by atoms with E-state index >= 15 is 0 Å². The fourth-order valence-electron chi connectivity index (χ4n) is 3.01. The molecule has 0 bridgehead atoms. The van der Waals surface area contributed by atoms with Gasteiger partial charge in [0.1, 0.15) is 11.6 Å². The highest BCUT2D eigenvalue weighted by Gasteiger charge is 2.21. The molecule has 34 heavy (non-hydrogen) atoms. The molecule has 0 aliphatic carbocycles. The molecule has 0 radical (unpaired) electrons. The van der Waals surface area contributed by atoms with E-state index in [2.05, 4.69) is 15.5 Å². The first-order valence-electron chi connectivity index (χ1n) is 10.3. The predicted molar refractivity (Wildman–Crippen MR) is 120 cm³/mol. The summed E-state index contributed by atoms with van der Waals surface area (Å²) in [4.78, 5) is 24.6. The number of rotatable bonds is 6. The van der Waals surface area contributed by atoms with Crippen LogP contribution in [0.1, 0.15) is 22.8 Å². The first kappa shape index (κ1) is 22.8. The molecule has 1 aromatic heterocycles. The van der Waals surface area contributed by atoms with Crippen LogP contribution in [0.5, 0.6) is 0 Å². The molecule has 1 atom stereocenters. The SMILES string of the molecule is Cc1ccc(-c2nnc(-c3ccc(C(=O)OC(C)C(=O)Nc4cc(F)ccc4F)cc3)o2)cc1. The number of anilines is 1. The van der Waals surface area contributed by atoms with Crippen LogP contribution >= 0.6 is 0 Å². The van der Waals surface area contributed by atoms with Gasteiger partial charge in [-0.15, -0.1) is 10.2 Å². The number of esters is 1. The van der Waals surface area contributed by atoms with E-state index in [1.165, 1.54) is 19.1 Å². The molecule has 1 amide bonds. The summed E-state index contributed by atoms with van der Waals surface area (Å²) >= 11 is 0. The summed E-state index contributed by atoms with van der Waals surface area (Å²) in [5.41, 5.74) is 2.32. The van der Waals surface area contributed by atoms with Gasteiger partial charge in [-0.25, -0.2) is 13.6 Å². The van der Waals surface area contributed by atoms with Crippen LogP contribution in [0.25, 0.3) is 22.9 Å². The molecule has 0 aliphatic heterocycles. The summed E-state index contributed by atoms with van der Waals surface area (Å²) < 4.78 is 37.8. The van der Waals surface area contributed by atoms with Crippen molar-refractivity contribution in [3.05, 3.63) is 89.5 Å². The van der Waals surface area contributed by atoms with Crippen LogP contribution in [-0.4, -0.2) is 28.2 Å². The largest absolute Gasteiger partial charge is 0.449 e. The van der Waals surface area contributed by atoms with Crippen molar-refractivity contribution in [1.82, 2.24) is 10.2 Å². The first-order chi connectivity index (χ1) is 16.3. The second-order valence-electron chi connectivity index (χ2n) is 7.52. The third-order valence-corrected chi connectivity index (χ3v) is 4.93. The van der Waals surface area contributed by atoms with E-state index in [4.69, 9.17) is 9.15 Å². The van der Waals surface area contributed by atoms with Gasteiger partial charge in [0.05, 0.1) is 11.3 Å². The Balaban J connectivity index is 1.39. The number of hydrogen-bond acceptors (Lipinski definition) is 6. The van der Waals surface area contributed by atoms with Crippen molar-refractivity contribution in [2.24, 2.45) is 0 Å². The molecule has 172 valence electrons.